The lowest BCUT2D eigenvalue weighted by atomic mass is 9.99. The highest BCUT2D eigenvalue weighted by Gasteiger charge is 2.31. The van der Waals surface area contributed by atoms with Crippen molar-refractivity contribution in [3.05, 3.63) is 53.6 Å². The fourth-order valence-electron chi connectivity index (χ4n) is 4.11. The van der Waals surface area contributed by atoms with Gasteiger partial charge in [-0.25, -0.2) is 0 Å². The Bertz CT molecular complexity index is 920. The lowest BCUT2D eigenvalue weighted by Crippen LogP contribution is -2.44. The van der Waals surface area contributed by atoms with Crippen molar-refractivity contribution in [1.29, 1.82) is 0 Å². The molecule has 1 aliphatic carbocycles. The van der Waals surface area contributed by atoms with E-state index in [1.54, 1.807) is 0 Å². The molecule has 1 saturated carbocycles. The average Bonchev–Trinajstić information content (AvgIpc) is 3.51. The van der Waals surface area contributed by atoms with E-state index in [2.05, 4.69) is 16.3 Å². The molecule has 2 aromatic carbocycles. The summed E-state index contributed by atoms with van der Waals surface area (Å²) in [5, 5.41) is 2.88. The minimum Gasteiger partial charge on any atom is -0.368 e. The number of anilines is 3. The minimum absolute atomic E-state index is 0.0354. The van der Waals surface area contributed by atoms with Crippen molar-refractivity contribution in [1.82, 2.24) is 0 Å². The van der Waals surface area contributed by atoms with E-state index in [-0.39, 0.29) is 11.8 Å². The van der Waals surface area contributed by atoms with Crippen molar-refractivity contribution in [3.8, 4) is 0 Å². The summed E-state index contributed by atoms with van der Waals surface area (Å²) in [6.07, 6.45) is 3.82. The third-order valence-electron chi connectivity index (χ3n) is 5.78. The van der Waals surface area contributed by atoms with E-state index in [1.165, 1.54) is 12.8 Å². The molecule has 2 aromatic rings. The van der Waals surface area contributed by atoms with E-state index in [0.29, 0.717) is 24.9 Å². The Labute approximate surface area is 159 Å². The van der Waals surface area contributed by atoms with Crippen LogP contribution in [-0.4, -0.2) is 31.4 Å². The largest absolute Gasteiger partial charge is 0.368 e. The van der Waals surface area contributed by atoms with E-state index in [0.717, 1.165) is 41.6 Å². The summed E-state index contributed by atoms with van der Waals surface area (Å²) in [6, 6.07) is 13.8. The van der Waals surface area contributed by atoms with Gasteiger partial charge in [0.25, 0.3) is 5.91 Å². The highest BCUT2D eigenvalue weighted by Crippen LogP contribution is 2.38. The van der Waals surface area contributed by atoms with Crippen LogP contribution in [0.15, 0.2) is 42.5 Å². The van der Waals surface area contributed by atoms with Crippen molar-refractivity contribution in [2.75, 3.05) is 34.8 Å². The van der Waals surface area contributed by atoms with E-state index < -0.39 is 0 Å². The lowest BCUT2D eigenvalue weighted by Gasteiger charge is -2.38. The molecule has 0 saturated heterocycles. The SMILES string of the molecule is O=C1CCc2cc(C(=O)N3CCN(CC4CC4)c4ccccc43)ccc2N1. The van der Waals surface area contributed by atoms with Crippen molar-refractivity contribution in [2.45, 2.75) is 25.7 Å². The zero-order valence-electron chi connectivity index (χ0n) is 15.3. The number of carbonyl (C=O) groups is 2. The third kappa shape index (κ3) is 3.07. The van der Waals surface area contributed by atoms with Crippen LogP contribution in [0.1, 0.15) is 35.2 Å². The summed E-state index contributed by atoms with van der Waals surface area (Å²) >= 11 is 0. The third-order valence-corrected chi connectivity index (χ3v) is 5.78. The first-order valence-electron chi connectivity index (χ1n) is 9.77. The first kappa shape index (κ1) is 16.4. The Balaban J connectivity index is 1.44. The summed E-state index contributed by atoms with van der Waals surface area (Å²) in [6.45, 7) is 2.67. The van der Waals surface area contributed by atoms with Crippen LogP contribution in [0, 0.1) is 5.92 Å². The molecule has 0 aromatic heterocycles. The molecule has 2 aliphatic heterocycles. The van der Waals surface area contributed by atoms with Crippen LogP contribution in [0.4, 0.5) is 17.1 Å². The Hall–Kier alpha value is -2.82. The number of nitrogens with one attached hydrogen (secondary N) is 1. The molecular weight excluding hydrogens is 338 g/mol. The van der Waals surface area contributed by atoms with Crippen LogP contribution in [-0.2, 0) is 11.2 Å². The van der Waals surface area contributed by atoms with Crippen molar-refractivity contribution < 1.29 is 9.59 Å². The predicted octanol–water partition coefficient (Wildman–Crippen LogP) is 3.45. The molecule has 5 rings (SSSR count). The van der Waals surface area contributed by atoms with Crippen LogP contribution in [0.3, 0.4) is 0 Å². The maximum Gasteiger partial charge on any atom is 0.258 e. The Kier molecular flexibility index (Phi) is 3.88. The zero-order valence-corrected chi connectivity index (χ0v) is 15.3. The van der Waals surface area contributed by atoms with Crippen molar-refractivity contribution >= 4 is 28.9 Å². The maximum atomic E-state index is 13.3. The number of benzene rings is 2. The number of carbonyl (C=O) groups excluding carboxylic acids is 2. The summed E-state index contributed by atoms with van der Waals surface area (Å²) in [5.74, 6) is 0.895. The summed E-state index contributed by atoms with van der Waals surface area (Å²) in [7, 11) is 0. The van der Waals surface area contributed by atoms with Crippen molar-refractivity contribution in [3.63, 3.8) is 0 Å². The molecule has 3 aliphatic rings. The topological polar surface area (TPSA) is 52.7 Å². The van der Waals surface area contributed by atoms with Crippen molar-refractivity contribution in [2.24, 2.45) is 5.92 Å². The lowest BCUT2D eigenvalue weighted by molar-refractivity contribution is -0.116. The number of nitrogens with zero attached hydrogens (tertiary/aromatic N) is 2. The van der Waals surface area contributed by atoms with Gasteiger partial charge in [-0.15, -0.1) is 0 Å². The summed E-state index contributed by atoms with van der Waals surface area (Å²) in [4.78, 5) is 29.2. The molecule has 1 fully saturated rings. The van der Waals surface area contributed by atoms with Crippen LogP contribution >= 0.6 is 0 Å². The van der Waals surface area contributed by atoms with E-state index >= 15 is 0 Å². The van der Waals surface area contributed by atoms with Gasteiger partial charge in [0.1, 0.15) is 0 Å². The van der Waals surface area contributed by atoms with Crippen LogP contribution in [0.25, 0.3) is 0 Å². The Morgan fingerprint density at radius 2 is 1.85 bits per heavy atom. The smallest absolute Gasteiger partial charge is 0.258 e. The van der Waals surface area contributed by atoms with Gasteiger partial charge in [0.05, 0.1) is 11.4 Å². The van der Waals surface area contributed by atoms with Gasteiger partial charge < -0.3 is 15.1 Å². The number of hydrogen-bond acceptors (Lipinski definition) is 3. The molecule has 5 heteroatoms. The second-order valence-corrected chi connectivity index (χ2v) is 7.75. The monoisotopic (exact) mass is 361 g/mol. The number of fused-ring (bicyclic) bond motifs is 2. The highest BCUT2D eigenvalue weighted by molar-refractivity contribution is 6.09. The summed E-state index contributed by atoms with van der Waals surface area (Å²) in [5.41, 5.74) is 4.73. The number of para-hydroxylation sites is 2. The summed E-state index contributed by atoms with van der Waals surface area (Å²) < 4.78 is 0. The fraction of sp³-hybridized carbons (Fsp3) is 0.364. The molecule has 2 heterocycles. The van der Waals surface area contributed by atoms with Gasteiger partial charge in [-0.1, -0.05) is 12.1 Å². The minimum atomic E-state index is 0.0354. The van der Waals surface area contributed by atoms with Crippen LogP contribution in [0.2, 0.25) is 0 Å². The molecule has 0 radical (unpaired) electrons. The van der Waals surface area contributed by atoms with Gasteiger partial charge in [-0.2, -0.15) is 0 Å². The molecule has 1 N–H and O–H groups in total. The molecule has 5 nitrogen and oxygen atoms in total. The van der Waals surface area contributed by atoms with E-state index in [9.17, 15) is 9.59 Å². The molecule has 0 atom stereocenters. The van der Waals surface area contributed by atoms with Gasteiger partial charge in [-0.05, 0) is 61.1 Å². The average molecular weight is 361 g/mol. The second-order valence-electron chi connectivity index (χ2n) is 7.75. The molecule has 2 amide bonds. The number of rotatable bonds is 3. The molecule has 0 unspecified atom stereocenters. The predicted molar refractivity (Wildman–Crippen MR) is 106 cm³/mol. The first-order valence-corrected chi connectivity index (χ1v) is 9.77. The van der Waals surface area contributed by atoms with Crippen LogP contribution in [0.5, 0.6) is 0 Å². The van der Waals surface area contributed by atoms with Gasteiger partial charge >= 0.3 is 0 Å². The number of amides is 2. The fourth-order valence-corrected chi connectivity index (χ4v) is 4.11. The zero-order chi connectivity index (χ0) is 18.4. The molecule has 138 valence electrons. The van der Waals surface area contributed by atoms with Gasteiger partial charge in [0.15, 0.2) is 0 Å². The van der Waals surface area contributed by atoms with Gasteiger partial charge in [0.2, 0.25) is 5.91 Å². The highest BCUT2D eigenvalue weighted by atomic mass is 16.2. The molecule has 0 spiro atoms. The van der Waals surface area contributed by atoms with Gasteiger partial charge in [0, 0.05) is 37.3 Å². The standard InChI is InChI=1S/C22H23N3O2/c26-21-10-8-16-13-17(7-9-18(16)23-21)22(27)25-12-11-24(14-15-5-6-15)19-3-1-2-4-20(19)25/h1-4,7,9,13,15H,5-6,8,10-12,14H2,(H,23,26). The first-order chi connectivity index (χ1) is 13.2. The Morgan fingerprint density at radius 1 is 1.04 bits per heavy atom. The quantitative estimate of drug-likeness (QED) is 0.911. The molecule has 27 heavy (non-hydrogen) atoms. The number of aryl methyl sites for hydroxylation is 1. The molecular formula is C22H23N3O2. The molecule has 0 bridgehead atoms. The van der Waals surface area contributed by atoms with Gasteiger partial charge in [-0.3, -0.25) is 9.59 Å². The number of hydrogen-bond donors (Lipinski definition) is 1. The van der Waals surface area contributed by atoms with Crippen LogP contribution < -0.4 is 15.1 Å². The van der Waals surface area contributed by atoms with E-state index in [4.69, 9.17) is 0 Å². The normalized spacial score (nSPS) is 18.6. The second kappa shape index (κ2) is 6.41. The Morgan fingerprint density at radius 3 is 2.67 bits per heavy atom. The maximum absolute atomic E-state index is 13.3. The van der Waals surface area contributed by atoms with E-state index in [1.807, 2.05) is 41.3 Å².